The number of aliphatic hydroxyl groups excluding tert-OH is 1. The first kappa shape index (κ1) is 31.7. The van der Waals surface area contributed by atoms with Crippen molar-refractivity contribution >= 4 is 20.1 Å². The summed E-state index contributed by atoms with van der Waals surface area (Å²) in [4.78, 5) is 0. The molecule has 2 saturated carbocycles. The van der Waals surface area contributed by atoms with Crippen molar-refractivity contribution in [3.05, 3.63) is 59.3 Å². The molecule has 2 N–H and O–H groups in total. The number of rotatable bonds is 8. The van der Waals surface area contributed by atoms with E-state index in [0.717, 1.165) is 29.7 Å². The van der Waals surface area contributed by atoms with Crippen LogP contribution in [0.1, 0.15) is 87.0 Å². The first-order chi connectivity index (χ1) is 17.4. The topological polar surface area (TPSA) is 49.7 Å². The lowest BCUT2D eigenvalue weighted by Crippen LogP contribution is -2.46. The van der Waals surface area contributed by atoms with Crippen molar-refractivity contribution in [2.24, 2.45) is 11.3 Å². The van der Waals surface area contributed by atoms with E-state index in [4.69, 9.17) is 4.43 Å². The molecular weight excluding hydrogens is 505 g/mol. The zero-order chi connectivity index (χ0) is 28.5. The highest BCUT2D eigenvalue weighted by atomic mass is 32.2. The molecule has 0 aromatic rings. The van der Waals surface area contributed by atoms with Gasteiger partial charge in [0.25, 0.3) is 0 Å². The van der Waals surface area contributed by atoms with Gasteiger partial charge in [-0.25, -0.2) is 0 Å². The normalized spacial score (nSPS) is 32.2. The summed E-state index contributed by atoms with van der Waals surface area (Å²) >= 11 is 1.97. The van der Waals surface area contributed by atoms with Gasteiger partial charge >= 0.3 is 0 Å². The first-order valence-corrected chi connectivity index (χ1v) is 18.6. The molecule has 3 rings (SSSR count). The number of thioether (sulfide) groups is 1. The summed E-state index contributed by atoms with van der Waals surface area (Å²) in [5, 5.41) is 21.3. The van der Waals surface area contributed by atoms with Gasteiger partial charge in [-0.05, 0) is 93.5 Å². The lowest BCUT2D eigenvalue weighted by Gasteiger charge is -2.43. The Morgan fingerprint density at radius 1 is 1.24 bits per heavy atom. The molecule has 1 unspecified atom stereocenters. The Balaban J connectivity index is 1.73. The molecule has 2 fully saturated rings. The van der Waals surface area contributed by atoms with Crippen LogP contribution in [-0.4, -0.2) is 47.3 Å². The van der Waals surface area contributed by atoms with Crippen molar-refractivity contribution in [3.63, 3.8) is 0 Å². The summed E-state index contributed by atoms with van der Waals surface area (Å²) in [7, 11) is -1.96. The van der Waals surface area contributed by atoms with Crippen molar-refractivity contribution in [1.82, 2.24) is 0 Å². The molecule has 0 radical (unpaired) electrons. The molecule has 0 bridgehead atoms. The average Bonchev–Trinajstić information content (AvgIpc) is 3.13. The SMILES string of the molecule is C=C1/C(=C\C=C2/CCC[C@]3(C)C(C(C)SC/C=C/C(C)(C)O)=CC[C@@H]23)C[C@@H](O)C[C@@H]1O[Si](C)(C)C(C)(C)C. The van der Waals surface area contributed by atoms with Crippen molar-refractivity contribution in [2.75, 3.05) is 5.75 Å². The molecule has 3 aliphatic carbocycles. The fourth-order valence-corrected chi connectivity index (χ4v) is 8.55. The third-order valence-corrected chi connectivity index (χ3v) is 15.1. The standard InChI is InChI=1S/C33H54O3SSi/c1-23-26(21-27(34)22-30(23)36-38(9,10)31(3,4)5)15-14-25-13-11-19-33(8)28(16-17-29(25)33)24(2)37-20-12-18-32(6,7)35/h12,14-16,18,24,27,29-30,34-35H,1,11,13,17,19-22H2,2-10H3/b18-12+,25-14+,26-15-/t24?,27-,29+,30+,33-/m1/s1. The highest BCUT2D eigenvalue weighted by molar-refractivity contribution is 8.00. The number of fused-ring (bicyclic) bond motifs is 1. The van der Waals surface area contributed by atoms with Crippen LogP contribution in [0.25, 0.3) is 0 Å². The maximum atomic E-state index is 10.7. The van der Waals surface area contributed by atoms with Gasteiger partial charge in [0.1, 0.15) is 0 Å². The van der Waals surface area contributed by atoms with Crippen LogP contribution in [0.3, 0.4) is 0 Å². The van der Waals surface area contributed by atoms with Gasteiger partial charge in [0.05, 0.1) is 17.8 Å². The Bertz CT molecular complexity index is 991. The van der Waals surface area contributed by atoms with Crippen molar-refractivity contribution in [1.29, 1.82) is 0 Å². The van der Waals surface area contributed by atoms with Gasteiger partial charge in [-0.15, -0.1) is 0 Å². The van der Waals surface area contributed by atoms with Crippen molar-refractivity contribution in [3.8, 4) is 0 Å². The fraction of sp³-hybridized carbons (Fsp3) is 0.697. The van der Waals surface area contributed by atoms with Crippen LogP contribution >= 0.6 is 11.8 Å². The molecule has 5 heteroatoms. The van der Waals surface area contributed by atoms with E-state index < -0.39 is 13.9 Å². The van der Waals surface area contributed by atoms with Gasteiger partial charge in [-0.2, -0.15) is 11.8 Å². The van der Waals surface area contributed by atoms with Crippen LogP contribution in [0.15, 0.2) is 59.3 Å². The Hall–Kier alpha value is -0.853. The molecule has 0 heterocycles. The number of allylic oxidation sites excluding steroid dienone is 4. The molecule has 0 spiro atoms. The Labute approximate surface area is 238 Å². The molecule has 3 aliphatic rings. The minimum Gasteiger partial charge on any atom is -0.410 e. The van der Waals surface area contributed by atoms with Gasteiger partial charge in [0, 0.05) is 17.4 Å². The summed E-state index contributed by atoms with van der Waals surface area (Å²) < 4.78 is 6.72. The van der Waals surface area contributed by atoms with Crippen LogP contribution in [0.2, 0.25) is 18.1 Å². The van der Waals surface area contributed by atoms with Gasteiger partial charge in [-0.3, -0.25) is 0 Å². The van der Waals surface area contributed by atoms with E-state index in [0.29, 0.717) is 24.0 Å². The second-order valence-electron chi connectivity index (χ2n) is 14.2. The monoisotopic (exact) mass is 558 g/mol. The predicted molar refractivity (Wildman–Crippen MR) is 168 cm³/mol. The maximum absolute atomic E-state index is 10.7. The lowest BCUT2D eigenvalue weighted by molar-refractivity contribution is 0.0908. The van der Waals surface area contributed by atoms with E-state index in [1.165, 1.54) is 12.8 Å². The Kier molecular flexibility index (Phi) is 9.95. The van der Waals surface area contributed by atoms with Crippen LogP contribution in [-0.2, 0) is 4.43 Å². The molecule has 5 atom stereocenters. The highest BCUT2D eigenvalue weighted by Gasteiger charge is 2.46. The predicted octanol–water partition coefficient (Wildman–Crippen LogP) is 8.53. The quantitative estimate of drug-likeness (QED) is 0.231. The van der Waals surface area contributed by atoms with Crippen LogP contribution < -0.4 is 0 Å². The number of aliphatic hydroxyl groups is 2. The lowest BCUT2D eigenvalue weighted by atomic mass is 9.64. The smallest absolute Gasteiger partial charge is 0.192 e. The van der Waals surface area contributed by atoms with E-state index in [-0.39, 0.29) is 22.7 Å². The summed E-state index contributed by atoms with van der Waals surface area (Å²) in [5.41, 5.74) is 4.83. The summed E-state index contributed by atoms with van der Waals surface area (Å²) in [6.45, 7) is 24.3. The zero-order valence-corrected chi connectivity index (χ0v) is 27.4. The Morgan fingerprint density at radius 2 is 1.92 bits per heavy atom. The molecule has 3 nitrogen and oxygen atoms in total. The highest BCUT2D eigenvalue weighted by Crippen LogP contribution is 2.56. The second-order valence-corrected chi connectivity index (χ2v) is 20.3. The van der Waals surface area contributed by atoms with Gasteiger partial charge in [0.2, 0.25) is 0 Å². The maximum Gasteiger partial charge on any atom is 0.192 e. The van der Waals surface area contributed by atoms with Crippen molar-refractivity contribution < 1.29 is 14.6 Å². The van der Waals surface area contributed by atoms with Crippen LogP contribution in [0.5, 0.6) is 0 Å². The molecule has 38 heavy (non-hydrogen) atoms. The van der Waals surface area contributed by atoms with E-state index in [2.05, 4.69) is 78.6 Å². The largest absolute Gasteiger partial charge is 0.410 e. The van der Waals surface area contributed by atoms with Crippen LogP contribution in [0, 0.1) is 11.3 Å². The third-order valence-electron chi connectivity index (χ3n) is 9.50. The summed E-state index contributed by atoms with van der Waals surface area (Å²) in [6, 6.07) is 0. The number of hydrogen-bond donors (Lipinski definition) is 2. The Morgan fingerprint density at radius 3 is 2.55 bits per heavy atom. The molecule has 0 aromatic heterocycles. The first-order valence-electron chi connectivity index (χ1n) is 14.6. The zero-order valence-electron chi connectivity index (χ0n) is 25.6. The molecular formula is C33H54O3SSi. The van der Waals surface area contributed by atoms with Gasteiger partial charge < -0.3 is 14.6 Å². The molecule has 0 aliphatic heterocycles. The van der Waals surface area contributed by atoms with E-state index in [9.17, 15) is 10.2 Å². The van der Waals surface area contributed by atoms with Gasteiger partial charge in [-0.1, -0.05) is 75.8 Å². The number of hydrogen-bond acceptors (Lipinski definition) is 4. The molecule has 0 amide bonds. The van der Waals surface area contributed by atoms with Gasteiger partial charge in [0.15, 0.2) is 8.32 Å². The minimum absolute atomic E-state index is 0.0935. The molecule has 0 aromatic carbocycles. The second kappa shape index (κ2) is 11.9. The van der Waals surface area contributed by atoms with E-state index in [1.807, 2.05) is 31.7 Å². The van der Waals surface area contributed by atoms with E-state index >= 15 is 0 Å². The average molecular weight is 559 g/mol. The summed E-state index contributed by atoms with van der Waals surface area (Å²) in [5.74, 6) is 1.47. The van der Waals surface area contributed by atoms with Crippen LogP contribution in [0.4, 0.5) is 0 Å². The van der Waals surface area contributed by atoms with Crippen molar-refractivity contribution in [2.45, 2.75) is 128 Å². The third kappa shape index (κ3) is 7.45. The van der Waals surface area contributed by atoms with E-state index in [1.54, 1.807) is 11.1 Å². The minimum atomic E-state index is -1.96. The molecule has 214 valence electrons. The molecule has 0 saturated heterocycles. The fourth-order valence-electron chi connectivity index (χ4n) is 6.21. The summed E-state index contributed by atoms with van der Waals surface area (Å²) in [6.07, 6.45) is 16.7.